The predicted octanol–water partition coefficient (Wildman–Crippen LogP) is 1.93. The number of alkyl halides is 3. The zero-order valence-corrected chi connectivity index (χ0v) is 8.13. The largest absolute Gasteiger partial charge is 0.490 e. The molecule has 0 unspecified atom stereocenters. The Balaban J connectivity index is 0.000000265. The first kappa shape index (κ1) is 14.0. The lowest BCUT2D eigenvalue weighted by Gasteiger charge is -2.07. The number of carboxylic acid groups (broad SMARTS) is 1. The Morgan fingerprint density at radius 1 is 1.47 bits per heavy atom. The van der Waals surface area contributed by atoms with E-state index in [0.717, 1.165) is 0 Å². The van der Waals surface area contributed by atoms with E-state index in [1.165, 1.54) is 19.3 Å². The van der Waals surface area contributed by atoms with Crippen LogP contribution in [0.3, 0.4) is 0 Å². The number of hydrogen-bond donors (Lipinski definition) is 2. The van der Waals surface area contributed by atoms with Crippen molar-refractivity contribution in [2.24, 2.45) is 11.7 Å². The summed E-state index contributed by atoms with van der Waals surface area (Å²) in [4.78, 5) is 8.90. The summed E-state index contributed by atoms with van der Waals surface area (Å²) in [5.74, 6) is -2.15. The third-order valence-corrected chi connectivity index (χ3v) is 2.17. The van der Waals surface area contributed by atoms with Crippen molar-refractivity contribution in [1.82, 2.24) is 0 Å². The molecule has 0 aliphatic heterocycles. The average Bonchev–Trinajstić information content (AvgIpc) is 2.50. The van der Waals surface area contributed by atoms with Crippen molar-refractivity contribution in [3.05, 3.63) is 12.7 Å². The molecule has 0 aromatic rings. The van der Waals surface area contributed by atoms with Crippen LogP contribution in [-0.4, -0.2) is 23.3 Å². The molecule has 0 heterocycles. The lowest BCUT2D eigenvalue weighted by molar-refractivity contribution is -0.192. The van der Waals surface area contributed by atoms with Gasteiger partial charge in [-0.3, -0.25) is 0 Å². The molecule has 0 spiro atoms. The second-order valence-electron chi connectivity index (χ2n) is 3.30. The summed E-state index contributed by atoms with van der Waals surface area (Å²) in [6.07, 6.45) is 0.636. The molecule has 0 bridgehead atoms. The predicted molar refractivity (Wildman–Crippen MR) is 49.2 cm³/mol. The maximum atomic E-state index is 10.6. The first-order valence-electron chi connectivity index (χ1n) is 4.47. The van der Waals surface area contributed by atoms with E-state index in [1.807, 2.05) is 6.08 Å². The Hall–Kier alpha value is -1.04. The second-order valence-corrected chi connectivity index (χ2v) is 3.30. The molecule has 1 aliphatic rings. The standard InChI is InChI=1S/C7H13N.C2HF3O2/c1-2-6-4-3-5-7(6)8;3-2(4,5)1(6)7/h2,6-7H,1,3-5,8H2;(H,6,7)/t6-,7-;/m0./s1. The van der Waals surface area contributed by atoms with Crippen LogP contribution in [0.1, 0.15) is 19.3 Å². The van der Waals surface area contributed by atoms with Crippen LogP contribution in [0.4, 0.5) is 13.2 Å². The van der Waals surface area contributed by atoms with Crippen LogP contribution < -0.4 is 5.73 Å². The molecule has 88 valence electrons. The molecule has 15 heavy (non-hydrogen) atoms. The number of nitrogens with two attached hydrogens (primary N) is 1. The number of halogens is 3. The summed E-state index contributed by atoms with van der Waals surface area (Å²) in [7, 11) is 0. The topological polar surface area (TPSA) is 63.3 Å². The van der Waals surface area contributed by atoms with E-state index < -0.39 is 12.1 Å². The van der Waals surface area contributed by atoms with Crippen LogP contribution in [0, 0.1) is 5.92 Å². The maximum Gasteiger partial charge on any atom is 0.490 e. The van der Waals surface area contributed by atoms with Crippen LogP contribution in [-0.2, 0) is 4.79 Å². The second kappa shape index (κ2) is 5.75. The fraction of sp³-hybridized carbons (Fsp3) is 0.667. The highest BCUT2D eigenvalue weighted by atomic mass is 19.4. The fourth-order valence-corrected chi connectivity index (χ4v) is 1.31. The molecule has 1 saturated carbocycles. The number of aliphatic carboxylic acids is 1. The van der Waals surface area contributed by atoms with Crippen molar-refractivity contribution in [2.45, 2.75) is 31.5 Å². The van der Waals surface area contributed by atoms with Gasteiger partial charge < -0.3 is 10.8 Å². The highest BCUT2D eigenvalue weighted by Gasteiger charge is 2.38. The zero-order chi connectivity index (χ0) is 12.1. The lowest BCUT2D eigenvalue weighted by atomic mass is 10.1. The van der Waals surface area contributed by atoms with E-state index in [4.69, 9.17) is 15.6 Å². The van der Waals surface area contributed by atoms with Gasteiger partial charge in [0.05, 0.1) is 0 Å². The van der Waals surface area contributed by atoms with Gasteiger partial charge in [0.2, 0.25) is 0 Å². The van der Waals surface area contributed by atoms with Crippen molar-refractivity contribution in [3.63, 3.8) is 0 Å². The summed E-state index contributed by atoms with van der Waals surface area (Å²) < 4.78 is 31.7. The van der Waals surface area contributed by atoms with Gasteiger partial charge in [-0.2, -0.15) is 13.2 Å². The van der Waals surface area contributed by atoms with Gasteiger partial charge in [-0.05, 0) is 18.8 Å². The first-order valence-corrected chi connectivity index (χ1v) is 4.47. The molecule has 2 atom stereocenters. The van der Waals surface area contributed by atoms with Gasteiger partial charge in [0.15, 0.2) is 0 Å². The summed E-state index contributed by atoms with van der Waals surface area (Å²) in [5.41, 5.74) is 5.72. The van der Waals surface area contributed by atoms with Crippen LogP contribution >= 0.6 is 0 Å². The van der Waals surface area contributed by atoms with Gasteiger partial charge in [-0.15, -0.1) is 6.58 Å². The molecular formula is C9H14F3NO2. The Morgan fingerprint density at radius 2 is 1.93 bits per heavy atom. The third-order valence-electron chi connectivity index (χ3n) is 2.17. The van der Waals surface area contributed by atoms with Gasteiger partial charge in [0.25, 0.3) is 0 Å². The van der Waals surface area contributed by atoms with E-state index in [0.29, 0.717) is 12.0 Å². The van der Waals surface area contributed by atoms with Crippen molar-refractivity contribution < 1.29 is 23.1 Å². The zero-order valence-electron chi connectivity index (χ0n) is 8.13. The van der Waals surface area contributed by atoms with E-state index in [2.05, 4.69) is 6.58 Å². The third kappa shape index (κ3) is 5.41. The van der Waals surface area contributed by atoms with E-state index in [-0.39, 0.29) is 0 Å². The summed E-state index contributed by atoms with van der Waals surface area (Å²) in [6.45, 7) is 3.71. The fourth-order valence-electron chi connectivity index (χ4n) is 1.31. The molecule has 0 aromatic heterocycles. The van der Waals surface area contributed by atoms with Gasteiger partial charge >= 0.3 is 12.1 Å². The Morgan fingerprint density at radius 3 is 2.07 bits per heavy atom. The first-order chi connectivity index (χ1) is 6.79. The molecule has 6 heteroatoms. The van der Waals surface area contributed by atoms with Gasteiger partial charge in [0, 0.05) is 6.04 Å². The molecule has 0 radical (unpaired) electrons. The van der Waals surface area contributed by atoms with E-state index in [9.17, 15) is 13.2 Å². The molecule has 3 nitrogen and oxygen atoms in total. The van der Waals surface area contributed by atoms with E-state index >= 15 is 0 Å². The lowest BCUT2D eigenvalue weighted by Crippen LogP contribution is -2.22. The van der Waals surface area contributed by atoms with Gasteiger partial charge in [0.1, 0.15) is 0 Å². The minimum Gasteiger partial charge on any atom is -0.475 e. The number of rotatable bonds is 1. The van der Waals surface area contributed by atoms with Crippen molar-refractivity contribution in [1.29, 1.82) is 0 Å². The van der Waals surface area contributed by atoms with Crippen LogP contribution in [0.2, 0.25) is 0 Å². The smallest absolute Gasteiger partial charge is 0.475 e. The number of carboxylic acids is 1. The Kier molecular flexibility index (Phi) is 5.35. The van der Waals surface area contributed by atoms with Crippen molar-refractivity contribution in [2.75, 3.05) is 0 Å². The minimum absolute atomic E-state index is 0.410. The van der Waals surface area contributed by atoms with Crippen molar-refractivity contribution >= 4 is 5.97 Å². The Labute approximate surface area is 85.8 Å². The number of carbonyl (C=O) groups is 1. The molecule has 3 N–H and O–H groups in total. The number of hydrogen-bond acceptors (Lipinski definition) is 2. The summed E-state index contributed by atoms with van der Waals surface area (Å²) in [6, 6.07) is 0.410. The molecule has 0 amide bonds. The quantitative estimate of drug-likeness (QED) is 0.670. The van der Waals surface area contributed by atoms with Crippen LogP contribution in [0.15, 0.2) is 12.7 Å². The molecule has 1 rings (SSSR count). The highest BCUT2D eigenvalue weighted by Crippen LogP contribution is 2.23. The highest BCUT2D eigenvalue weighted by molar-refractivity contribution is 5.73. The maximum absolute atomic E-state index is 10.6. The summed E-state index contributed by atoms with van der Waals surface area (Å²) in [5, 5.41) is 7.12. The normalized spacial score (nSPS) is 25.3. The van der Waals surface area contributed by atoms with Gasteiger partial charge in [-0.1, -0.05) is 12.5 Å². The molecule has 1 aliphatic carbocycles. The van der Waals surface area contributed by atoms with Crippen LogP contribution in [0.5, 0.6) is 0 Å². The van der Waals surface area contributed by atoms with Crippen molar-refractivity contribution in [3.8, 4) is 0 Å². The van der Waals surface area contributed by atoms with Crippen LogP contribution in [0.25, 0.3) is 0 Å². The molecular weight excluding hydrogens is 211 g/mol. The van der Waals surface area contributed by atoms with E-state index in [1.54, 1.807) is 0 Å². The molecule has 1 fully saturated rings. The average molecular weight is 225 g/mol. The Bertz CT molecular complexity index is 228. The molecule has 0 saturated heterocycles. The van der Waals surface area contributed by atoms with Gasteiger partial charge in [-0.25, -0.2) is 4.79 Å². The minimum atomic E-state index is -5.08. The monoisotopic (exact) mass is 225 g/mol. The summed E-state index contributed by atoms with van der Waals surface area (Å²) >= 11 is 0. The SMILES string of the molecule is C=C[C@H]1CCC[C@@H]1N.O=C(O)C(F)(F)F. The molecule has 0 aromatic carbocycles.